The minimum atomic E-state index is 0.237. The summed E-state index contributed by atoms with van der Waals surface area (Å²) in [6.07, 6.45) is 2.53. The number of fused-ring (bicyclic) bond motifs is 2. The van der Waals surface area contributed by atoms with Crippen molar-refractivity contribution in [1.29, 1.82) is 0 Å². The molecule has 128 valence electrons. The number of hydrogen-bond donors (Lipinski definition) is 2. The molecule has 8 nitrogen and oxygen atoms in total. The highest BCUT2D eigenvalue weighted by atomic mass is 16.7. The molecule has 0 amide bonds. The van der Waals surface area contributed by atoms with E-state index >= 15 is 0 Å². The Balaban J connectivity index is 1.65. The highest BCUT2D eigenvalue weighted by Crippen LogP contribution is 2.38. The average Bonchev–Trinajstić information content (AvgIpc) is 3.25. The Morgan fingerprint density at radius 3 is 2.92 bits per heavy atom. The maximum absolute atomic E-state index is 6.22. The van der Waals surface area contributed by atoms with Gasteiger partial charge in [-0.05, 0) is 37.0 Å². The number of aromatic nitrogens is 4. The van der Waals surface area contributed by atoms with Gasteiger partial charge < -0.3 is 20.5 Å². The summed E-state index contributed by atoms with van der Waals surface area (Å²) in [5.74, 6) is 3.28. The number of anilines is 2. The average molecular weight is 338 g/mol. The van der Waals surface area contributed by atoms with Gasteiger partial charge in [-0.1, -0.05) is 0 Å². The van der Waals surface area contributed by atoms with Crippen LogP contribution in [0.4, 0.5) is 11.8 Å². The van der Waals surface area contributed by atoms with Gasteiger partial charge in [0.2, 0.25) is 12.7 Å². The Morgan fingerprint density at radius 1 is 1.24 bits per heavy atom. The van der Waals surface area contributed by atoms with Crippen LogP contribution >= 0.6 is 0 Å². The third kappa shape index (κ3) is 2.41. The van der Waals surface area contributed by atoms with Crippen molar-refractivity contribution in [3.63, 3.8) is 0 Å². The molecule has 0 saturated heterocycles. The van der Waals surface area contributed by atoms with Crippen molar-refractivity contribution in [1.82, 2.24) is 19.7 Å². The SMILES string of the molecule is Cn1nc2nc(NCC3CC3)nc(-c3ccc4c(c3)OCO4)c2c1N. The molecule has 3 N–H and O–H groups in total. The van der Waals surface area contributed by atoms with E-state index in [4.69, 9.17) is 20.2 Å². The molecule has 1 fully saturated rings. The van der Waals surface area contributed by atoms with Gasteiger partial charge >= 0.3 is 0 Å². The topological polar surface area (TPSA) is 100 Å². The van der Waals surface area contributed by atoms with E-state index < -0.39 is 0 Å². The minimum Gasteiger partial charge on any atom is -0.454 e. The second-order valence-electron chi connectivity index (χ2n) is 6.50. The molecular weight excluding hydrogens is 320 g/mol. The first-order valence-corrected chi connectivity index (χ1v) is 8.33. The molecule has 3 heterocycles. The number of nitrogens with zero attached hydrogens (tertiary/aromatic N) is 4. The Labute approximate surface area is 144 Å². The monoisotopic (exact) mass is 338 g/mol. The van der Waals surface area contributed by atoms with Crippen molar-refractivity contribution in [2.24, 2.45) is 13.0 Å². The molecule has 0 unspecified atom stereocenters. The normalized spacial score (nSPS) is 15.7. The summed E-state index contributed by atoms with van der Waals surface area (Å²) in [6, 6.07) is 5.75. The van der Waals surface area contributed by atoms with Crippen LogP contribution in [-0.2, 0) is 7.05 Å². The van der Waals surface area contributed by atoms with Gasteiger partial charge in [-0.15, -0.1) is 0 Å². The third-order valence-corrected chi connectivity index (χ3v) is 4.63. The summed E-state index contributed by atoms with van der Waals surface area (Å²) in [6.45, 7) is 1.12. The first kappa shape index (κ1) is 14.3. The molecule has 25 heavy (non-hydrogen) atoms. The molecule has 1 aliphatic heterocycles. The zero-order valence-corrected chi connectivity index (χ0v) is 13.8. The lowest BCUT2D eigenvalue weighted by Crippen LogP contribution is -2.07. The van der Waals surface area contributed by atoms with Crippen molar-refractivity contribution < 1.29 is 9.47 Å². The molecule has 0 atom stereocenters. The summed E-state index contributed by atoms with van der Waals surface area (Å²) in [7, 11) is 1.80. The number of ether oxygens (including phenoxy) is 2. The van der Waals surface area contributed by atoms with Crippen molar-refractivity contribution in [3.8, 4) is 22.8 Å². The molecule has 2 aromatic heterocycles. The first-order valence-electron chi connectivity index (χ1n) is 8.33. The van der Waals surface area contributed by atoms with Crippen LogP contribution in [0.2, 0.25) is 0 Å². The minimum absolute atomic E-state index is 0.237. The molecule has 1 aromatic carbocycles. The van der Waals surface area contributed by atoms with E-state index in [2.05, 4.69) is 15.4 Å². The van der Waals surface area contributed by atoms with Crippen LogP contribution < -0.4 is 20.5 Å². The summed E-state index contributed by atoms with van der Waals surface area (Å²) >= 11 is 0. The predicted molar refractivity (Wildman–Crippen MR) is 93.5 cm³/mol. The number of benzene rings is 1. The lowest BCUT2D eigenvalue weighted by atomic mass is 10.1. The fourth-order valence-electron chi connectivity index (χ4n) is 3.00. The molecule has 0 spiro atoms. The van der Waals surface area contributed by atoms with Gasteiger partial charge in [-0.25, -0.2) is 4.98 Å². The fraction of sp³-hybridized carbons (Fsp3) is 0.353. The zero-order valence-electron chi connectivity index (χ0n) is 13.8. The van der Waals surface area contributed by atoms with Crippen molar-refractivity contribution in [2.75, 3.05) is 24.4 Å². The molecule has 3 aromatic rings. The van der Waals surface area contributed by atoms with Crippen LogP contribution in [0.1, 0.15) is 12.8 Å². The van der Waals surface area contributed by atoms with Crippen LogP contribution in [0.25, 0.3) is 22.3 Å². The Hall–Kier alpha value is -3.03. The van der Waals surface area contributed by atoms with Gasteiger partial charge in [0.1, 0.15) is 5.82 Å². The molecule has 1 saturated carbocycles. The van der Waals surface area contributed by atoms with E-state index in [9.17, 15) is 0 Å². The lowest BCUT2D eigenvalue weighted by molar-refractivity contribution is 0.174. The maximum atomic E-state index is 6.22. The van der Waals surface area contributed by atoms with Crippen LogP contribution in [0.3, 0.4) is 0 Å². The zero-order chi connectivity index (χ0) is 17.0. The van der Waals surface area contributed by atoms with E-state index in [1.54, 1.807) is 11.7 Å². The molecule has 5 rings (SSSR count). The quantitative estimate of drug-likeness (QED) is 0.752. The predicted octanol–water partition coefficient (Wildman–Crippen LogP) is 2.16. The summed E-state index contributed by atoms with van der Waals surface area (Å²) in [5, 5.41) is 8.49. The van der Waals surface area contributed by atoms with Crippen molar-refractivity contribution >= 4 is 22.8 Å². The first-order chi connectivity index (χ1) is 12.2. The van der Waals surface area contributed by atoms with E-state index in [0.29, 0.717) is 23.2 Å². The maximum Gasteiger partial charge on any atom is 0.231 e. The van der Waals surface area contributed by atoms with E-state index in [1.807, 2.05) is 18.2 Å². The van der Waals surface area contributed by atoms with E-state index in [0.717, 1.165) is 34.9 Å². The summed E-state index contributed by atoms with van der Waals surface area (Å²) in [5.41, 5.74) is 8.44. The second-order valence-corrected chi connectivity index (χ2v) is 6.50. The van der Waals surface area contributed by atoms with Crippen LogP contribution in [0.15, 0.2) is 18.2 Å². The van der Waals surface area contributed by atoms with Crippen LogP contribution in [-0.4, -0.2) is 33.1 Å². The highest BCUT2D eigenvalue weighted by Gasteiger charge is 2.23. The van der Waals surface area contributed by atoms with Gasteiger partial charge in [0.15, 0.2) is 17.1 Å². The van der Waals surface area contributed by atoms with E-state index in [-0.39, 0.29) is 6.79 Å². The van der Waals surface area contributed by atoms with Gasteiger partial charge in [0.25, 0.3) is 0 Å². The van der Waals surface area contributed by atoms with Gasteiger partial charge in [0.05, 0.1) is 11.1 Å². The van der Waals surface area contributed by atoms with Gasteiger partial charge in [-0.2, -0.15) is 10.1 Å². The number of nitrogens with two attached hydrogens (primary N) is 1. The van der Waals surface area contributed by atoms with E-state index in [1.165, 1.54) is 12.8 Å². The summed E-state index contributed by atoms with van der Waals surface area (Å²) in [4.78, 5) is 9.24. The molecule has 2 aliphatic rings. The summed E-state index contributed by atoms with van der Waals surface area (Å²) < 4.78 is 12.5. The number of nitrogens with one attached hydrogen (secondary N) is 1. The smallest absolute Gasteiger partial charge is 0.231 e. The van der Waals surface area contributed by atoms with Gasteiger partial charge in [-0.3, -0.25) is 4.68 Å². The lowest BCUT2D eigenvalue weighted by Gasteiger charge is -2.08. The number of aryl methyl sites for hydroxylation is 1. The van der Waals surface area contributed by atoms with Crippen molar-refractivity contribution in [2.45, 2.75) is 12.8 Å². The molecule has 1 aliphatic carbocycles. The molecule has 8 heteroatoms. The number of nitrogen functional groups attached to an aromatic ring is 1. The van der Waals surface area contributed by atoms with Gasteiger partial charge in [0, 0.05) is 19.2 Å². The molecule has 0 radical (unpaired) electrons. The Bertz CT molecular complexity index is 979. The Morgan fingerprint density at radius 2 is 2.08 bits per heavy atom. The Kier molecular flexibility index (Phi) is 3.00. The molecular formula is C17H18N6O2. The largest absolute Gasteiger partial charge is 0.454 e. The van der Waals surface area contributed by atoms with Crippen LogP contribution in [0, 0.1) is 5.92 Å². The molecule has 0 bridgehead atoms. The van der Waals surface area contributed by atoms with Crippen molar-refractivity contribution in [3.05, 3.63) is 18.2 Å². The highest BCUT2D eigenvalue weighted by molar-refractivity contribution is 5.99. The third-order valence-electron chi connectivity index (χ3n) is 4.63. The fourth-order valence-corrected chi connectivity index (χ4v) is 3.00. The number of hydrogen-bond acceptors (Lipinski definition) is 7. The standard InChI is InChI=1S/C17H18N6O2/c1-23-15(18)13-14(10-4-5-11-12(6-10)25-8-24-11)20-17(21-16(13)22-23)19-7-9-2-3-9/h4-6,9H,2-3,7-8,18H2,1H3,(H,19,21,22). The second kappa shape index (κ2) is 5.23. The number of rotatable bonds is 4. The van der Waals surface area contributed by atoms with Crippen LogP contribution in [0.5, 0.6) is 11.5 Å².